The van der Waals surface area contributed by atoms with Gasteiger partial charge < -0.3 is 25.4 Å². The van der Waals surface area contributed by atoms with Crippen LogP contribution in [0.5, 0.6) is 5.75 Å². The Morgan fingerprint density at radius 3 is 2.06 bits per heavy atom. The summed E-state index contributed by atoms with van der Waals surface area (Å²) in [6.45, 7) is 14.9. The predicted molar refractivity (Wildman–Crippen MR) is 131 cm³/mol. The van der Waals surface area contributed by atoms with Crippen LogP contribution in [0.25, 0.3) is 0 Å². The van der Waals surface area contributed by atoms with Crippen LogP contribution in [0.1, 0.15) is 86.3 Å². The quantitative estimate of drug-likeness (QED) is 0.520. The minimum Gasteiger partial charge on any atom is -0.508 e. The van der Waals surface area contributed by atoms with Gasteiger partial charge in [0, 0.05) is 11.6 Å². The van der Waals surface area contributed by atoms with Gasteiger partial charge in [-0.15, -0.1) is 0 Å². The second-order valence-corrected chi connectivity index (χ2v) is 11.5. The first-order valence-corrected chi connectivity index (χ1v) is 12.0. The number of phenols is 1. The predicted octanol–water partition coefficient (Wildman–Crippen LogP) is 4.28. The highest BCUT2D eigenvalue weighted by atomic mass is 16.6. The molecule has 1 saturated carbocycles. The van der Waals surface area contributed by atoms with E-state index in [0.717, 1.165) is 12.8 Å². The highest BCUT2D eigenvalue weighted by Gasteiger charge is 2.44. The third-order valence-electron chi connectivity index (χ3n) is 5.12. The van der Waals surface area contributed by atoms with Crippen LogP contribution in [0.2, 0.25) is 0 Å². The number of carbonyl (C=O) groups excluding carboxylic acids is 3. The molecule has 3 amide bonds. The number of alkyl carbamates (subject to hydrolysis) is 1. The fourth-order valence-corrected chi connectivity index (χ4v) is 3.73. The Morgan fingerprint density at radius 1 is 1.06 bits per heavy atom. The maximum atomic E-state index is 13.9. The van der Waals surface area contributed by atoms with Gasteiger partial charge in [-0.3, -0.25) is 9.59 Å². The molecule has 1 aliphatic carbocycles. The molecular weight excluding hydrogens is 434 g/mol. The first-order valence-electron chi connectivity index (χ1n) is 12.0. The van der Waals surface area contributed by atoms with Crippen LogP contribution in [-0.4, -0.2) is 51.1 Å². The Morgan fingerprint density at radius 2 is 1.62 bits per heavy atom. The number of rotatable bonds is 8. The molecule has 0 radical (unpaired) electrons. The van der Waals surface area contributed by atoms with Crippen LogP contribution in [0, 0.1) is 5.92 Å². The van der Waals surface area contributed by atoms with Crippen molar-refractivity contribution in [2.75, 3.05) is 0 Å². The molecule has 3 N–H and O–H groups in total. The van der Waals surface area contributed by atoms with Crippen molar-refractivity contribution in [1.29, 1.82) is 0 Å². The van der Waals surface area contributed by atoms with Crippen LogP contribution in [0.15, 0.2) is 24.3 Å². The van der Waals surface area contributed by atoms with Gasteiger partial charge in [0.1, 0.15) is 23.4 Å². The van der Waals surface area contributed by atoms with E-state index in [-0.39, 0.29) is 29.5 Å². The molecule has 1 aromatic carbocycles. The van der Waals surface area contributed by atoms with Crippen molar-refractivity contribution in [3.05, 3.63) is 29.8 Å². The summed E-state index contributed by atoms with van der Waals surface area (Å²) in [7, 11) is 0. The smallest absolute Gasteiger partial charge is 0.408 e. The molecule has 0 heterocycles. The molecule has 8 nitrogen and oxygen atoms in total. The minimum atomic E-state index is -0.894. The van der Waals surface area contributed by atoms with Gasteiger partial charge in [-0.25, -0.2) is 4.79 Å². The SMILES string of the molecule is CC(C)CC(NC(=O)OC(C)(C)C)C(=O)N(C1CC1)C(C(=O)NC(C)(C)C)c1ccc(O)cc1. The van der Waals surface area contributed by atoms with E-state index in [2.05, 4.69) is 10.6 Å². The standard InChI is InChI=1S/C26H41N3O5/c1-16(2)15-20(27-24(33)34-26(6,7)8)23(32)29(18-11-12-18)21(22(31)28-25(3,4)5)17-9-13-19(30)14-10-17/h9-10,13-14,16,18,20-21,30H,11-12,15H2,1-8H3,(H,27,33)(H,28,31). The number of nitrogens with zero attached hydrogens (tertiary/aromatic N) is 1. The lowest BCUT2D eigenvalue weighted by atomic mass is 9.98. The molecule has 1 fully saturated rings. The van der Waals surface area contributed by atoms with E-state index >= 15 is 0 Å². The van der Waals surface area contributed by atoms with Crippen molar-refractivity contribution in [2.45, 2.75) is 104 Å². The molecule has 2 rings (SSSR count). The first-order chi connectivity index (χ1) is 15.6. The fourth-order valence-electron chi connectivity index (χ4n) is 3.73. The number of aromatic hydroxyl groups is 1. The van der Waals surface area contributed by atoms with E-state index in [1.54, 1.807) is 37.8 Å². The Labute approximate surface area is 203 Å². The molecule has 190 valence electrons. The third kappa shape index (κ3) is 8.54. The maximum Gasteiger partial charge on any atom is 0.408 e. The van der Waals surface area contributed by atoms with E-state index in [0.29, 0.717) is 12.0 Å². The van der Waals surface area contributed by atoms with E-state index in [1.807, 2.05) is 34.6 Å². The Kier molecular flexibility index (Phi) is 8.61. The molecule has 8 heteroatoms. The zero-order chi connectivity index (χ0) is 25.8. The summed E-state index contributed by atoms with van der Waals surface area (Å²) in [5, 5.41) is 15.5. The fraction of sp³-hybridized carbons (Fsp3) is 0.654. The van der Waals surface area contributed by atoms with Crippen LogP contribution < -0.4 is 10.6 Å². The van der Waals surface area contributed by atoms with Crippen molar-refractivity contribution in [2.24, 2.45) is 5.92 Å². The highest BCUT2D eigenvalue weighted by Crippen LogP contribution is 2.36. The minimum absolute atomic E-state index is 0.0762. The van der Waals surface area contributed by atoms with Crippen LogP contribution in [-0.2, 0) is 14.3 Å². The van der Waals surface area contributed by atoms with Gasteiger partial charge in [-0.1, -0.05) is 26.0 Å². The maximum absolute atomic E-state index is 13.9. The summed E-state index contributed by atoms with van der Waals surface area (Å²) in [6, 6.07) is 4.49. The van der Waals surface area contributed by atoms with Crippen molar-refractivity contribution in [3.63, 3.8) is 0 Å². The van der Waals surface area contributed by atoms with Gasteiger partial charge in [-0.05, 0) is 84.4 Å². The molecule has 2 atom stereocenters. The highest BCUT2D eigenvalue weighted by molar-refractivity contribution is 5.92. The molecule has 0 bridgehead atoms. The monoisotopic (exact) mass is 475 g/mol. The molecule has 2 unspecified atom stereocenters. The van der Waals surface area contributed by atoms with Crippen molar-refractivity contribution >= 4 is 17.9 Å². The van der Waals surface area contributed by atoms with E-state index in [4.69, 9.17) is 4.74 Å². The lowest BCUT2D eigenvalue weighted by Gasteiger charge is -2.36. The van der Waals surface area contributed by atoms with Crippen molar-refractivity contribution in [3.8, 4) is 5.75 Å². The molecule has 34 heavy (non-hydrogen) atoms. The number of benzene rings is 1. The van der Waals surface area contributed by atoms with E-state index in [1.165, 1.54) is 12.1 Å². The second kappa shape index (κ2) is 10.7. The van der Waals surface area contributed by atoms with E-state index < -0.39 is 29.3 Å². The normalized spacial score (nSPS) is 15.9. The van der Waals surface area contributed by atoms with Crippen LogP contribution in [0.3, 0.4) is 0 Å². The Hall–Kier alpha value is -2.77. The van der Waals surface area contributed by atoms with Crippen molar-refractivity contribution < 1.29 is 24.2 Å². The summed E-state index contributed by atoms with van der Waals surface area (Å²) < 4.78 is 5.40. The summed E-state index contributed by atoms with van der Waals surface area (Å²) in [5.74, 6) is -0.420. The number of nitrogens with one attached hydrogen (secondary N) is 2. The molecule has 0 aliphatic heterocycles. The van der Waals surface area contributed by atoms with Gasteiger partial charge in [0.25, 0.3) is 0 Å². The van der Waals surface area contributed by atoms with Gasteiger partial charge in [0.05, 0.1) is 0 Å². The second-order valence-electron chi connectivity index (χ2n) is 11.5. The molecule has 0 spiro atoms. The zero-order valence-electron chi connectivity index (χ0n) is 21.8. The van der Waals surface area contributed by atoms with Crippen LogP contribution in [0.4, 0.5) is 4.79 Å². The summed E-state index contributed by atoms with van der Waals surface area (Å²) in [5.41, 5.74) is -0.607. The van der Waals surface area contributed by atoms with E-state index in [9.17, 15) is 19.5 Å². The lowest BCUT2D eigenvalue weighted by molar-refractivity contribution is -0.144. The molecule has 0 aromatic heterocycles. The number of amides is 3. The Bertz CT molecular complexity index is 864. The number of ether oxygens (including phenoxy) is 1. The molecular formula is C26H41N3O5. The van der Waals surface area contributed by atoms with Gasteiger partial charge >= 0.3 is 6.09 Å². The first kappa shape index (κ1) is 27.5. The summed E-state index contributed by atoms with van der Waals surface area (Å²) in [4.78, 5) is 41.6. The Balaban J connectivity index is 2.44. The average Bonchev–Trinajstić information content (AvgIpc) is 3.47. The third-order valence-corrected chi connectivity index (χ3v) is 5.12. The van der Waals surface area contributed by atoms with Gasteiger partial charge in [0.2, 0.25) is 11.8 Å². The number of hydrogen-bond donors (Lipinski definition) is 3. The lowest BCUT2D eigenvalue weighted by Crippen LogP contribution is -2.55. The summed E-state index contributed by atoms with van der Waals surface area (Å²) >= 11 is 0. The number of phenolic OH excluding ortho intramolecular Hbond substituents is 1. The largest absolute Gasteiger partial charge is 0.508 e. The topological polar surface area (TPSA) is 108 Å². The molecule has 1 aromatic rings. The molecule has 0 saturated heterocycles. The van der Waals surface area contributed by atoms with Crippen molar-refractivity contribution in [1.82, 2.24) is 15.5 Å². The number of carbonyl (C=O) groups is 3. The van der Waals surface area contributed by atoms with Gasteiger partial charge in [0.15, 0.2) is 0 Å². The van der Waals surface area contributed by atoms with Gasteiger partial charge in [-0.2, -0.15) is 0 Å². The average molecular weight is 476 g/mol. The number of hydrogen-bond acceptors (Lipinski definition) is 5. The molecule has 1 aliphatic rings. The van der Waals surface area contributed by atoms with Crippen LogP contribution >= 0.6 is 0 Å². The zero-order valence-corrected chi connectivity index (χ0v) is 21.8. The summed E-state index contributed by atoms with van der Waals surface area (Å²) in [6.07, 6.45) is 1.31.